The highest BCUT2D eigenvalue weighted by molar-refractivity contribution is 9.10. The molecule has 5 nitrogen and oxygen atoms in total. The molecule has 0 saturated carbocycles. The molecule has 0 N–H and O–H groups in total. The zero-order valence-electron chi connectivity index (χ0n) is 20.5. The number of fused-ring (bicyclic) bond motifs is 1. The van der Waals surface area contributed by atoms with Gasteiger partial charge in [0.15, 0.2) is 0 Å². The van der Waals surface area contributed by atoms with Gasteiger partial charge in [0.1, 0.15) is 5.75 Å². The van der Waals surface area contributed by atoms with E-state index >= 15 is 0 Å². The monoisotopic (exact) mass is 705 g/mol. The van der Waals surface area contributed by atoms with Crippen molar-refractivity contribution in [3.8, 4) is 5.75 Å². The Bertz CT molecular complexity index is 1560. The summed E-state index contributed by atoms with van der Waals surface area (Å²) in [5.74, 6) is -38.9. The van der Waals surface area contributed by atoms with Crippen LogP contribution in [0.3, 0.4) is 0 Å². The Labute approximate surface area is 238 Å². The lowest BCUT2D eigenvalue weighted by atomic mass is 9.93. The molecule has 0 saturated heterocycles. The predicted octanol–water partition coefficient (Wildman–Crippen LogP) is 7.54. The van der Waals surface area contributed by atoms with Gasteiger partial charge in [-0.1, -0.05) is 18.2 Å². The third kappa shape index (κ3) is 5.74. The molecule has 43 heavy (non-hydrogen) atoms. The van der Waals surface area contributed by atoms with Crippen molar-refractivity contribution in [1.29, 1.82) is 0 Å². The van der Waals surface area contributed by atoms with Gasteiger partial charge in [0, 0.05) is 11.5 Å². The maximum atomic E-state index is 14.1. The largest absolute Gasteiger partial charge is 0.492 e. The van der Waals surface area contributed by atoms with Crippen LogP contribution in [0.5, 0.6) is 5.75 Å². The van der Waals surface area contributed by atoms with E-state index in [1.54, 1.807) is 6.07 Å². The molecule has 0 amide bonds. The molecule has 19 heteroatoms. The second-order valence-electron chi connectivity index (χ2n) is 8.62. The number of ether oxygens (including phenoxy) is 1. The molecule has 0 atom stereocenters. The van der Waals surface area contributed by atoms with Crippen LogP contribution in [0.25, 0.3) is 10.9 Å². The number of carbonyl (C=O) groups excluding carboxylic acids is 1. The fraction of sp³-hybridized carbons (Fsp3) is 0.333. The van der Waals surface area contributed by atoms with Crippen LogP contribution in [0.2, 0.25) is 0 Å². The number of aromatic nitrogens is 1. The maximum absolute atomic E-state index is 14.1. The van der Waals surface area contributed by atoms with Gasteiger partial charge in [-0.3, -0.25) is 4.79 Å². The SMILES string of the molecule is O=C(On1c(=O)ccc2c(Br)c(OCCC(F)(F)C(F)(F)C(F)(F)C(F)(F)C(F)(F)C(F)(F)F)ccc21)c1ccccc1. The Morgan fingerprint density at radius 3 is 1.84 bits per heavy atom. The summed E-state index contributed by atoms with van der Waals surface area (Å²) in [5, 5.41) is -0.0318. The molecular formula is C24H13BrF13NO4. The lowest BCUT2D eigenvalue weighted by Crippen LogP contribution is -2.70. The lowest BCUT2D eigenvalue weighted by Gasteiger charge is -2.39. The quantitative estimate of drug-likeness (QED) is 0.205. The molecule has 0 fully saturated rings. The average molecular weight is 706 g/mol. The Morgan fingerprint density at radius 2 is 1.28 bits per heavy atom. The molecule has 2 aromatic carbocycles. The zero-order valence-corrected chi connectivity index (χ0v) is 22.1. The first-order chi connectivity index (χ1) is 19.5. The number of hydrogen-bond acceptors (Lipinski definition) is 4. The van der Waals surface area contributed by atoms with E-state index in [4.69, 9.17) is 9.57 Å². The van der Waals surface area contributed by atoms with E-state index in [-0.39, 0.29) is 20.9 Å². The smallest absolute Gasteiger partial charge is 0.460 e. The minimum absolute atomic E-state index is 0.0318. The molecule has 0 unspecified atom stereocenters. The Balaban J connectivity index is 1.84. The highest BCUT2D eigenvalue weighted by atomic mass is 79.9. The van der Waals surface area contributed by atoms with Crippen molar-refractivity contribution in [3.63, 3.8) is 0 Å². The van der Waals surface area contributed by atoms with Gasteiger partial charge in [-0.15, -0.1) is 4.73 Å². The number of benzene rings is 2. The minimum Gasteiger partial charge on any atom is -0.492 e. The number of halogens is 14. The summed E-state index contributed by atoms with van der Waals surface area (Å²) < 4.78 is 178. The molecule has 3 aromatic rings. The van der Waals surface area contributed by atoms with Crippen molar-refractivity contribution in [3.05, 3.63) is 75.0 Å². The van der Waals surface area contributed by atoms with Crippen LogP contribution >= 0.6 is 15.9 Å². The number of rotatable bonds is 10. The summed E-state index contributed by atoms with van der Waals surface area (Å²) >= 11 is 2.94. The van der Waals surface area contributed by atoms with Gasteiger partial charge >= 0.3 is 41.8 Å². The Morgan fingerprint density at radius 1 is 0.721 bits per heavy atom. The summed E-state index contributed by atoms with van der Waals surface area (Å²) in [6.07, 6.45) is -10.1. The van der Waals surface area contributed by atoms with E-state index in [1.807, 2.05) is 0 Å². The summed E-state index contributed by atoms with van der Waals surface area (Å²) in [4.78, 5) is 29.7. The van der Waals surface area contributed by atoms with Crippen LogP contribution in [0.15, 0.2) is 63.9 Å². The molecular weight excluding hydrogens is 693 g/mol. The summed E-state index contributed by atoms with van der Waals surface area (Å²) in [5.41, 5.74) is -0.970. The van der Waals surface area contributed by atoms with Gasteiger partial charge in [-0.25, -0.2) is 4.79 Å². The van der Waals surface area contributed by atoms with Crippen LogP contribution in [0.4, 0.5) is 57.1 Å². The first kappa shape index (κ1) is 34.0. The zero-order chi connectivity index (χ0) is 32.8. The van der Waals surface area contributed by atoms with Crippen molar-refractivity contribution < 1.29 is 71.4 Å². The van der Waals surface area contributed by atoms with Crippen LogP contribution < -0.4 is 15.1 Å². The Hall–Kier alpha value is -3.51. The third-order valence-electron chi connectivity index (χ3n) is 5.79. The topological polar surface area (TPSA) is 57.5 Å². The number of pyridine rings is 1. The van der Waals surface area contributed by atoms with Crippen molar-refractivity contribution in [2.75, 3.05) is 6.61 Å². The molecule has 0 aliphatic carbocycles. The normalized spacial score (nSPS) is 13.7. The van der Waals surface area contributed by atoms with Gasteiger partial charge in [-0.2, -0.15) is 57.1 Å². The fourth-order valence-corrected chi connectivity index (χ4v) is 3.99. The van der Waals surface area contributed by atoms with E-state index in [1.165, 1.54) is 24.3 Å². The van der Waals surface area contributed by atoms with Crippen LogP contribution in [0, 0.1) is 0 Å². The Kier molecular flexibility index (Phi) is 8.85. The van der Waals surface area contributed by atoms with Gasteiger partial charge in [0.05, 0.1) is 28.6 Å². The third-order valence-corrected chi connectivity index (χ3v) is 6.61. The molecule has 236 valence electrons. The van der Waals surface area contributed by atoms with E-state index < -0.39 is 66.1 Å². The van der Waals surface area contributed by atoms with E-state index in [0.29, 0.717) is 4.73 Å². The minimum atomic E-state index is -7.99. The number of carbonyl (C=O) groups is 1. The first-order valence-electron chi connectivity index (χ1n) is 11.2. The van der Waals surface area contributed by atoms with Crippen LogP contribution in [-0.4, -0.2) is 53.1 Å². The summed E-state index contributed by atoms with van der Waals surface area (Å²) in [6, 6.07) is 11.2. The van der Waals surface area contributed by atoms with E-state index in [2.05, 4.69) is 15.9 Å². The van der Waals surface area contributed by atoms with Crippen molar-refractivity contribution >= 4 is 32.8 Å². The number of alkyl halides is 13. The van der Waals surface area contributed by atoms with E-state index in [9.17, 15) is 66.7 Å². The first-order valence-corrected chi connectivity index (χ1v) is 12.0. The fourth-order valence-electron chi connectivity index (χ4n) is 3.40. The second kappa shape index (κ2) is 11.2. The lowest BCUT2D eigenvalue weighted by molar-refractivity contribution is -0.440. The second-order valence-corrected chi connectivity index (χ2v) is 9.41. The molecule has 0 spiro atoms. The highest BCUT2D eigenvalue weighted by Gasteiger charge is 2.90. The molecule has 0 radical (unpaired) electrons. The highest BCUT2D eigenvalue weighted by Crippen LogP contribution is 2.60. The molecule has 0 bridgehead atoms. The van der Waals surface area contributed by atoms with E-state index in [0.717, 1.165) is 24.3 Å². The molecule has 1 heterocycles. The van der Waals surface area contributed by atoms with Crippen LogP contribution in [0.1, 0.15) is 16.8 Å². The maximum Gasteiger partial charge on any atom is 0.460 e. The predicted molar refractivity (Wildman–Crippen MR) is 124 cm³/mol. The summed E-state index contributed by atoms with van der Waals surface area (Å²) in [6.45, 7) is -1.69. The molecule has 1 aromatic heterocycles. The van der Waals surface area contributed by atoms with Crippen molar-refractivity contribution in [2.45, 2.75) is 42.2 Å². The van der Waals surface area contributed by atoms with Crippen LogP contribution in [-0.2, 0) is 0 Å². The van der Waals surface area contributed by atoms with Gasteiger partial charge in [0.2, 0.25) is 0 Å². The average Bonchev–Trinajstić information content (AvgIpc) is 2.90. The van der Waals surface area contributed by atoms with Gasteiger partial charge in [0.25, 0.3) is 5.56 Å². The molecule has 0 aliphatic rings. The number of hydrogen-bond donors (Lipinski definition) is 0. The standard InChI is InChI=1S/C24H13BrF13NO4/c25-17-13-6-9-16(40)39(43-18(41)12-4-2-1-3-5-12)14(13)7-8-15(17)42-11-10-19(26,27)20(28,29)21(30,31)22(32,33)23(34,35)24(36,37)38/h1-9H,10-11H2. The molecule has 0 aliphatic heterocycles. The molecule has 3 rings (SSSR count). The van der Waals surface area contributed by atoms with Crippen molar-refractivity contribution in [2.24, 2.45) is 0 Å². The van der Waals surface area contributed by atoms with Crippen molar-refractivity contribution in [1.82, 2.24) is 4.73 Å². The number of nitrogens with zero attached hydrogens (tertiary/aromatic N) is 1. The summed E-state index contributed by atoms with van der Waals surface area (Å²) in [7, 11) is 0. The van der Waals surface area contributed by atoms with Gasteiger partial charge in [-0.05, 0) is 46.3 Å². The van der Waals surface area contributed by atoms with Gasteiger partial charge < -0.3 is 9.57 Å².